The van der Waals surface area contributed by atoms with Crippen LogP contribution in [0.3, 0.4) is 0 Å². The van der Waals surface area contributed by atoms with Gasteiger partial charge in [-0.2, -0.15) is 0 Å². The van der Waals surface area contributed by atoms with Gasteiger partial charge in [-0.3, -0.25) is 4.79 Å². The number of hydrogen-bond donors (Lipinski definition) is 1. The lowest BCUT2D eigenvalue weighted by molar-refractivity contribution is -0.123. The van der Waals surface area contributed by atoms with Crippen LogP contribution in [0.4, 0.5) is 0 Å². The van der Waals surface area contributed by atoms with E-state index in [1.807, 2.05) is 66.7 Å². The first-order valence-electron chi connectivity index (χ1n) is 8.01. The summed E-state index contributed by atoms with van der Waals surface area (Å²) >= 11 is 6.11. The van der Waals surface area contributed by atoms with E-state index in [0.717, 1.165) is 16.7 Å². The van der Waals surface area contributed by atoms with Gasteiger partial charge in [0.2, 0.25) is 0 Å². The third-order valence-electron chi connectivity index (χ3n) is 3.72. The first-order valence-corrected chi connectivity index (χ1v) is 8.38. The second-order valence-electron chi connectivity index (χ2n) is 5.56. The number of ether oxygens (including phenoxy) is 1. The first-order chi connectivity index (χ1) is 12.2. The van der Waals surface area contributed by atoms with Gasteiger partial charge in [0.1, 0.15) is 5.75 Å². The molecular weight excluding hydrogens is 334 g/mol. The minimum absolute atomic E-state index is 0.0473. The molecule has 4 heteroatoms. The lowest BCUT2D eigenvalue weighted by Gasteiger charge is -2.12. The number of benzene rings is 3. The van der Waals surface area contributed by atoms with Crippen molar-refractivity contribution in [2.24, 2.45) is 0 Å². The zero-order chi connectivity index (χ0) is 17.5. The Kier molecular flexibility index (Phi) is 5.70. The van der Waals surface area contributed by atoms with Gasteiger partial charge in [0.15, 0.2) is 6.61 Å². The Morgan fingerprint density at radius 1 is 0.920 bits per heavy atom. The number of carbonyl (C=O) groups excluding carboxylic acids is 1. The Morgan fingerprint density at radius 3 is 2.32 bits per heavy atom. The monoisotopic (exact) mass is 351 g/mol. The fourth-order valence-electron chi connectivity index (χ4n) is 2.46. The average Bonchev–Trinajstić information content (AvgIpc) is 2.67. The van der Waals surface area contributed by atoms with E-state index in [-0.39, 0.29) is 12.5 Å². The molecule has 3 aromatic carbocycles. The van der Waals surface area contributed by atoms with Crippen LogP contribution in [-0.2, 0) is 11.3 Å². The van der Waals surface area contributed by atoms with Crippen LogP contribution >= 0.6 is 11.6 Å². The van der Waals surface area contributed by atoms with Crippen LogP contribution in [0.2, 0.25) is 5.02 Å². The summed E-state index contributed by atoms with van der Waals surface area (Å²) in [6.45, 7) is 0.434. The smallest absolute Gasteiger partial charge is 0.258 e. The summed E-state index contributed by atoms with van der Waals surface area (Å²) in [7, 11) is 0. The lowest BCUT2D eigenvalue weighted by atomic mass is 10.0. The van der Waals surface area contributed by atoms with Gasteiger partial charge in [0, 0.05) is 17.1 Å². The number of amides is 1. The molecule has 0 spiro atoms. The second-order valence-corrected chi connectivity index (χ2v) is 5.99. The molecule has 3 nitrogen and oxygen atoms in total. The zero-order valence-corrected chi connectivity index (χ0v) is 14.4. The van der Waals surface area contributed by atoms with E-state index in [1.54, 1.807) is 12.1 Å². The van der Waals surface area contributed by atoms with Crippen molar-refractivity contribution in [3.05, 3.63) is 89.4 Å². The standard InChI is InChI=1S/C21H18ClNO2/c22-18-11-12-20(19(13-18)17-9-5-2-6-10-17)25-15-21(24)23-14-16-7-3-1-4-8-16/h1-13H,14-15H2,(H,23,24). The van der Waals surface area contributed by atoms with Gasteiger partial charge in [-0.1, -0.05) is 72.3 Å². The normalized spacial score (nSPS) is 10.3. The van der Waals surface area contributed by atoms with E-state index in [9.17, 15) is 4.79 Å². The molecule has 0 bridgehead atoms. The topological polar surface area (TPSA) is 38.3 Å². The Hall–Kier alpha value is -2.78. The molecule has 0 saturated heterocycles. The summed E-state index contributed by atoms with van der Waals surface area (Å²) in [5.74, 6) is 0.461. The Bertz CT molecular complexity index is 835. The summed E-state index contributed by atoms with van der Waals surface area (Å²) in [4.78, 5) is 12.0. The van der Waals surface area contributed by atoms with Crippen molar-refractivity contribution in [3.63, 3.8) is 0 Å². The van der Waals surface area contributed by atoms with Crippen molar-refractivity contribution in [1.82, 2.24) is 5.32 Å². The highest BCUT2D eigenvalue weighted by atomic mass is 35.5. The molecule has 3 aromatic rings. The molecule has 1 N–H and O–H groups in total. The SMILES string of the molecule is O=C(COc1ccc(Cl)cc1-c1ccccc1)NCc1ccccc1. The molecule has 0 aliphatic carbocycles. The Labute approximate surface area is 152 Å². The van der Waals surface area contributed by atoms with E-state index in [1.165, 1.54) is 0 Å². The quantitative estimate of drug-likeness (QED) is 0.699. The van der Waals surface area contributed by atoms with Crippen LogP contribution < -0.4 is 10.1 Å². The summed E-state index contributed by atoms with van der Waals surface area (Å²) in [6, 6.07) is 25.0. The molecule has 0 unspecified atom stereocenters. The predicted molar refractivity (Wildman–Crippen MR) is 101 cm³/mol. The fourth-order valence-corrected chi connectivity index (χ4v) is 2.63. The van der Waals surface area contributed by atoms with Gasteiger partial charge in [-0.15, -0.1) is 0 Å². The molecule has 0 radical (unpaired) electrons. The molecule has 1 amide bonds. The highest BCUT2D eigenvalue weighted by Crippen LogP contribution is 2.32. The van der Waals surface area contributed by atoms with Crippen molar-refractivity contribution >= 4 is 17.5 Å². The minimum Gasteiger partial charge on any atom is -0.483 e. The van der Waals surface area contributed by atoms with E-state index >= 15 is 0 Å². The highest BCUT2D eigenvalue weighted by Gasteiger charge is 2.09. The molecule has 0 fully saturated rings. The number of carbonyl (C=O) groups is 1. The van der Waals surface area contributed by atoms with Gasteiger partial charge in [-0.25, -0.2) is 0 Å². The van der Waals surface area contributed by atoms with Crippen LogP contribution in [0, 0.1) is 0 Å². The third-order valence-corrected chi connectivity index (χ3v) is 3.95. The van der Waals surface area contributed by atoms with Crippen LogP contribution in [0.25, 0.3) is 11.1 Å². The molecule has 25 heavy (non-hydrogen) atoms. The Morgan fingerprint density at radius 2 is 1.60 bits per heavy atom. The summed E-state index contributed by atoms with van der Waals surface area (Å²) in [6.07, 6.45) is 0. The zero-order valence-electron chi connectivity index (χ0n) is 13.6. The highest BCUT2D eigenvalue weighted by molar-refractivity contribution is 6.31. The van der Waals surface area contributed by atoms with Gasteiger partial charge < -0.3 is 10.1 Å². The largest absolute Gasteiger partial charge is 0.483 e. The molecule has 3 rings (SSSR count). The second kappa shape index (κ2) is 8.36. The molecule has 0 atom stereocenters. The third kappa shape index (κ3) is 4.85. The fraction of sp³-hybridized carbons (Fsp3) is 0.0952. The Balaban J connectivity index is 1.64. The average molecular weight is 352 g/mol. The van der Waals surface area contributed by atoms with Crippen molar-refractivity contribution < 1.29 is 9.53 Å². The van der Waals surface area contributed by atoms with E-state index in [4.69, 9.17) is 16.3 Å². The molecular formula is C21H18ClNO2. The van der Waals surface area contributed by atoms with Crippen molar-refractivity contribution in [1.29, 1.82) is 0 Å². The van der Waals surface area contributed by atoms with Crippen molar-refractivity contribution in [2.75, 3.05) is 6.61 Å². The molecule has 0 saturated carbocycles. The predicted octanol–water partition coefficient (Wildman–Crippen LogP) is 4.70. The van der Waals surface area contributed by atoms with E-state index in [0.29, 0.717) is 17.3 Å². The van der Waals surface area contributed by atoms with Gasteiger partial charge >= 0.3 is 0 Å². The van der Waals surface area contributed by atoms with Crippen LogP contribution in [0.15, 0.2) is 78.9 Å². The van der Waals surface area contributed by atoms with Gasteiger partial charge in [0.05, 0.1) is 0 Å². The van der Waals surface area contributed by atoms with E-state index < -0.39 is 0 Å². The molecule has 126 valence electrons. The van der Waals surface area contributed by atoms with Crippen LogP contribution in [0.5, 0.6) is 5.75 Å². The molecule has 0 aromatic heterocycles. The van der Waals surface area contributed by atoms with Gasteiger partial charge in [0.25, 0.3) is 5.91 Å². The van der Waals surface area contributed by atoms with Crippen LogP contribution in [-0.4, -0.2) is 12.5 Å². The number of nitrogens with one attached hydrogen (secondary N) is 1. The van der Waals surface area contributed by atoms with Crippen molar-refractivity contribution in [3.8, 4) is 16.9 Å². The lowest BCUT2D eigenvalue weighted by Crippen LogP contribution is -2.28. The molecule has 0 aliphatic heterocycles. The summed E-state index contributed by atoms with van der Waals surface area (Å²) < 4.78 is 5.73. The minimum atomic E-state index is -0.169. The van der Waals surface area contributed by atoms with Crippen molar-refractivity contribution in [2.45, 2.75) is 6.54 Å². The maximum atomic E-state index is 12.0. The molecule has 0 heterocycles. The molecule has 0 aliphatic rings. The first kappa shape index (κ1) is 17.1. The number of hydrogen-bond acceptors (Lipinski definition) is 2. The summed E-state index contributed by atoms with van der Waals surface area (Å²) in [5.41, 5.74) is 2.90. The van der Waals surface area contributed by atoms with Crippen LogP contribution in [0.1, 0.15) is 5.56 Å². The van der Waals surface area contributed by atoms with E-state index in [2.05, 4.69) is 5.32 Å². The van der Waals surface area contributed by atoms with Gasteiger partial charge in [-0.05, 0) is 29.3 Å². The maximum absolute atomic E-state index is 12.0. The summed E-state index contributed by atoms with van der Waals surface area (Å²) in [5, 5.41) is 3.47. The number of rotatable bonds is 6. The number of halogens is 1. The maximum Gasteiger partial charge on any atom is 0.258 e.